The van der Waals surface area contributed by atoms with Gasteiger partial charge in [-0.15, -0.1) is 0 Å². The van der Waals surface area contributed by atoms with Gasteiger partial charge in [-0.05, 0) is 44.2 Å². The minimum absolute atomic E-state index is 0.00377. The van der Waals surface area contributed by atoms with Crippen LogP contribution in [0.25, 0.3) is 0 Å². The van der Waals surface area contributed by atoms with Gasteiger partial charge in [0.1, 0.15) is 12.4 Å². The lowest BCUT2D eigenvalue weighted by atomic mass is 10.1. The first-order valence-electron chi connectivity index (χ1n) is 9.36. The summed E-state index contributed by atoms with van der Waals surface area (Å²) in [5.74, 6) is -1.51. The summed E-state index contributed by atoms with van der Waals surface area (Å²) in [6.07, 6.45) is 0. The molecule has 2 aromatic rings. The first-order valence-corrected chi connectivity index (χ1v) is 10.8. The number of nitrogens with one attached hydrogen (secondary N) is 1. The van der Waals surface area contributed by atoms with Crippen molar-refractivity contribution in [3.05, 3.63) is 53.0 Å². The number of benzene rings is 1. The van der Waals surface area contributed by atoms with Crippen LogP contribution in [-0.4, -0.2) is 57.9 Å². The largest absolute Gasteiger partial charge is 0.466 e. The zero-order valence-corrected chi connectivity index (χ0v) is 18.7. The highest BCUT2D eigenvalue weighted by molar-refractivity contribution is 7.92. The zero-order chi connectivity index (χ0) is 23.5. The number of nitrogens with zero attached hydrogens (tertiary/aromatic N) is 3. The van der Waals surface area contributed by atoms with E-state index in [0.717, 1.165) is 0 Å². The number of hydrogen-bond donors (Lipinski definition) is 1. The van der Waals surface area contributed by atoms with Gasteiger partial charge in [-0.1, -0.05) is 0 Å². The molecule has 0 unspecified atom stereocenters. The molecule has 12 heteroatoms. The van der Waals surface area contributed by atoms with Gasteiger partial charge < -0.3 is 19.1 Å². The van der Waals surface area contributed by atoms with E-state index in [1.165, 1.54) is 43.4 Å². The number of aromatic nitrogens is 2. The van der Waals surface area contributed by atoms with Gasteiger partial charge >= 0.3 is 11.9 Å². The summed E-state index contributed by atoms with van der Waals surface area (Å²) in [5, 5.41) is 0. The van der Waals surface area contributed by atoms with Gasteiger partial charge in [-0.25, -0.2) is 32.7 Å². The molecule has 2 heterocycles. The number of methoxy groups -OCH3 is 2. The maximum absolute atomic E-state index is 12.7. The summed E-state index contributed by atoms with van der Waals surface area (Å²) in [5.41, 5.74) is 1.62. The van der Waals surface area contributed by atoms with Crippen molar-refractivity contribution in [2.45, 2.75) is 18.7 Å². The van der Waals surface area contributed by atoms with E-state index >= 15 is 0 Å². The maximum Gasteiger partial charge on any atom is 0.355 e. The van der Waals surface area contributed by atoms with Gasteiger partial charge in [-0.3, -0.25) is 0 Å². The normalized spacial score (nSPS) is 14.2. The molecule has 0 bridgehead atoms. The van der Waals surface area contributed by atoms with Crippen LogP contribution in [0.15, 0.2) is 46.5 Å². The number of aryl methyl sites for hydroxylation is 2. The van der Waals surface area contributed by atoms with Crippen LogP contribution in [-0.2, 0) is 33.8 Å². The molecule has 0 saturated heterocycles. The monoisotopic (exact) mass is 462 g/mol. The third-order valence-corrected chi connectivity index (χ3v) is 5.84. The van der Waals surface area contributed by atoms with Crippen molar-refractivity contribution in [3.8, 4) is 0 Å². The van der Waals surface area contributed by atoms with Crippen LogP contribution in [0.5, 0.6) is 0 Å². The quantitative estimate of drug-likeness (QED) is 0.625. The second kappa shape index (κ2) is 9.32. The summed E-state index contributed by atoms with van der Waals surface area (Å²) in [6, 6.07) is 7.37. The third kappa shape index (κ3) is 4.86. The molecule has 0 spiro atoms. The molecule has 1 aliphatic heterocycles. The second-order valence-corrected chi connectivity index (χ2v) is 8.47. The average Bonchev–Trinajstić information content (AvgIpc) is 2.76. The Bertz CT molecular complexity index is 1160. The van der Waals surface area contributed by atoms with E-state index in [-0.39, 0.29) is 35.5 Å². The molecule has 3 rings (SSSR count). The number of ether oxygens (including phenoxy) is 3. The third-order valence-electron chi connectivity index (χ3n) is 4.50. The summed E-state index contributed by atoms with van der Waals surface area (Å²) < 4.78 is 42.8. The molecule has 0 amide bonds. The van der Waals surface area contributed by atoms with Crippen LogP contribution in [0.1, 0.15) is 11.4 Å². The van der Waals surface area contributed by atoms with Crippen molar-refractivity contribution >= 4 is 33.6 Å². The van der Waals surface area contributed by atoms with Crippen molar-refractivity contribution in [3.63, 3.8) is 0 Å². The molecule has 0 atom stereocenters. The van der Waals surface area contributed by atoms with Crippen molar-refractivity contribution in [1.82, 2.24) is 9.97 Å². The second-order valence-electron chi connectivity index (χ2n) is 6.79. The molecule has 0 radical (unpaired) electrons. The number of rotatable bonds is 6. The summed E-state index contributed by atoms with van der Waals surface area (Å²) >= 11 is 0. The standard InChI is InChI=1S/C20H22N4O7S/c1-12-9-13(2)22-20(21-12)23-32(27,28)15-7-5-14(6-8-15)24-11-31-10-16(18(25)29-3)17(24)19(26)30-4/h5-9H,10-11H2,1-4H3,(H,21,22,23). The Balaban J connectivity index is 1.92. The van der Waals surface area contributed by atoms with E-state index in [9.17, 15) is 18.0 Å². The lowest BCUT2D eigenvalue weighted by molar-refractivity contribution is -0.140. The minimum atomic E-state index is -3.96. The van der Waals surface area contributed by atoms with Crippen LogP contribution < -0.4 is 9.62 Å². The predicted octanol–water partition coefficient (Wildman–Crippen LogP) is 1.29. The van der Waals surface area contributed by atoms with Crippen molar-refractivity contribution in [2.75, 3.05) is 37.2 Å². The van der Waals surface area contributed by atoms with Crippen LogP contribution >= 0.6 is 0 Å². The van der Waals surface area contributed by atoms with Crippen LogP contribution in [0.2, 0.25) is 0 Å². The Morgan fingerprint density at radius 2 is 1.62 bits per heavy atom. The topological polar surface area (TPSA) is 137 Å². The van der Waals surface area contributed by atoms with Crippen molar-refractivity contribution < 1.29 is 32.2 Å². The van der Waals surface area contributed by atoms with Gasteiger partial charge in [0.25, 0.3) is 10.0 Å². The Kier molecular flexibility index (Phi) is 6.75. The Labute approximate surface area is 185 Å². The highest BCUT2D eigenvalue weighted by atomic mass is 32.2. The number of anilines is 2. The Morgan fingerprint density at radius 1 is 1.03 bits per heavy atom. The predicted molar refractivity (Wildman–Crippen MR) is 113 cm³/mol. The first-order chi connectivity index (χ1) is 15.2. The van der Waals surface area contributed by atoms with Gasteiger partial charge in [0.15, 0.2) is 0 Å². The number of carbonyl (C=O) groups is 2. The summed E-state index contributed by atoms with van der Waals surface area (Å²) in [7, 11) is -1.58. The Morgan fingerprint density at radius 3 is 2.19 bits per heavy atom. The fraction of sp³-hybridized carbons (Fsp3) is 0.300. The van der Waals surface area contributed by atoms with E-state index in [4.69, 9.17) is 14.2 Å². The van der Waals surface area contributed by atoms with Gasteiger partial charge in [-0.2, -0.15) is 0 Å². The lowest BCUT2D eigenvalue weighted by Gasteiger charge is -2.31. The lowest BCUT2D eigenvalue weighted by Crippen LogP contribution is -2.38. The molecule has 11 nitrogen and oxygen atoms in total. The molecule has 32 heavy (non-hydrogen) atoms. The van der Waals surface area contributed by atoms with Gasteiger partial charge in [0.2, 0.25) is 5.95 Å². The summed E-state index contributed by atoms with van der Waals surface area (Å²) in [4.78, 5) is 34.0. The van der Waals surface area contributed by atoms with Gasteiger partial charge in [0.05, 0.1) is 31.3 Å². The molecule has 0 fully saturated rings. The molecule has 1 aromatic heterocycles. The number of esters is 2. The zero-order valence-electron chi connectivity index (χ0n) is 17.9. The molecule has 170 valence electrons. The van der Waals surface area contributed by atoms with Gasteiger partial charge in [0, 0.05) is 17.1 Å². The number of carbonyl (C=O) groups excluding carboxylic acids is 2. The van der Waals surface area contributed by atoms with E-state index < -0.39 is 22.0 Å². The molecule has 1 aliphatic rings. The minimum Gasteiger partial charge on any atom is -0.466 e. The molecule has 1 N–H and O–H groups in total. The van der Waals surface area contributed by atoms with Crippen molar-refractivity contribution in [1.29, 1.82) is 0 Å². The SMILES string of the molecule is COC(=O)C1=C(C(=O)OC)N(c2ccc(S(=O)(=O)Nc3nc(C)cc(C)n3)cc2)COC1. The first kappa shape index (κ1) is 23.2. The van der Waals surface area contributed by atoms with E-state index in [1.807, 2.05) is 0 Å². The number of hydrogen-bond acceptors (Lipinski definition) is 10. The highest BCUT2D eigenvalue weighted by Crippen LogP contribution is 2.28. The van der Waals surface area contributed by atoms with Crippen LogP contribution in [0, 0.1) is 13.8 Å². The maximum atomic E-state index is 12.7. The molecule has 1 aromatic carbocycles. The molecule has 0 aliphatic carbocycles. The van der Waals surface area contributed by atoms with E-state index in [1.54, 1.807) is 19.9 Å². The smallest absolute Gasteiger partial charge is 0.355 e. The number of sulfonamides is 1. The fourth-order valence-electron chi connectivity index (χ4n) is 3.10. The summed E-state index contributed by atoms with van der Waals surface area (Å²) in [6.45, 7) is 3.29. The highest BCUT2D eigenvalue weighted by Gasteiger charge is 2.32. The Hall–Kier alpha value is -3.51. The van der Waals surface area contributed by atoms with E-state index in [2.05, 4.69) is 14.7 Å². The fourth-order valence-corrected chi connectivity index (χ4v) is 4.05. The van der Waals surface area contributed by atoms with Crippen LogP contribution in [0.3, 0.4) is 0 Å². The molecular weight excluding hydrogens is 440 g/mol. The molecular formula is C20H22N4O7S. The average molecular weight is 462 g/mol. The van der Waals surface area contributed by atoms with Crippen LogP contribution in [0.4, 0.5) is 11.6 Å². The molecule has 0 saturated carbocycles. The van der Waals surface area contributed by atoms with E-state index in [0.29, 0.717) is 17.1 Å². The van der Waals surface area contributed by atoms with Crippen molar-refractivity contribution in [2.24, 2.45) is 0 Å².